The molecule has 0 aliphatic heterocycles. The van der Waals surface area contributed by atoms with Crippen molar-refractivity contribution in [3.8, 4) is 0 Å². The van der Waals surface area contributed by atoms with Gasteiger partial charge in [0.1, 0.15) is 0 Å². The quantitative estimate of drug-likeness (QED) is 0.881. The highest BCUT2D eigenvalue weighted by Crippen LogP contribution is 2.26. The third-order valence-corrected chi connectivity index (χ3v) is 3.21. The van der Waals surface area contributed by atoms with Crippen molar-refractivity contribution in [1.29, 1.82) is 0 Å². The second-order valence-corrected chi connectivity index (χ2v) is 4.63. The van der Waals surface area contributed by atoms with E-state index in [1.165, 1.54) is 12.8 Å². The number of halogens is 1. The van der Waals surface area contributed by atoms with Crippen LogP contribution >= 0.6 is 11.6 Å². The van der Waals surface area contributed by atoms with Gasteiger partial charge in [0.25, 0.3) is 0 Å². The highest BCUT2D eigenvalue weighted by Gasteiger charge is 2.25. The molecule has 17 heavy (non-hydrogen) atoms. The van der Waals surface area contributed by atoms with E-state index < -0.39 is 0 Å². The fraction of sp³-hybridized carbons (Fsp3) is 0.545. The van der Waals surface area contributed by atoms with Gasteiger partial charge in [-0.15, -0.1) is 10.2 Å². The van der Waals surface area contributed by atoms with Crippen LogP contribution in [-0.2, 0) is 4.79 Å². The van der Waals surface area contributed by atoms with Crippen molar-refractivity contribution in [2.24, 2.45) is 5.73 Å². The molecule has 1 saturated carbocycles. The Labute approximate surface area is 105 Å². The number of carbonyl (C=O) groups is 1. The number of anilines is 1. The molecule has 0 radical (unpaired) electrons. The molecule has 1 amide bonds. The van der Waals surface area contributed by atoms with Gasteiger partial charge in [-0.1, -0.05) is 24.4 Å². The Morgan fingerprint density at radius 1 is 1.41 bits per heavy atom. The molecule has 0 atom stereocenters. The molecule has 0 spiro atoms. The summed E-state index contributed by atoms with van der Waals surface area (Å²) < 4.78 is 0. The molecule has 1 aromatic heterocycles. The Balaban J connectivity index is 2.19. The van der Waals surface area contributed by atoms with Crippen LogP contribution in [0.4, 0.5) is 5.82 Å². The van der Waals surface area contributed by atoms with Gasteiger partial charge in [0.05, 0.1) is 6.54 Å². The zero-order valence-electron chi connectivity index (χ0n) is 9.47. The maximum atomic E-state index is 11.1. The third kappa shape index (κ3) is 3.06. The largest absolute Gasteiger partial charge is 0.368 e. The van der Waals surface area contributed by atoms with Gasteiger partial charge in [0, 0.05) is 6.04 Å². The van der Waals surface area contributed by atoms with Crippen LogP contribution in [0.2, 0.25) is 5.15 Å². The Morgan fingerprint density at radius 3 is 2.65 bits per heavy atom. The van der Waals surface area contributed by atoms with Gasteiger partial charge in [-0.05, 0) is 25.0 Å². The van der Waals surface area contributed by atoms with E-state index in [1.807, 2.05) is 4.90 Å². The number of rotatable bonds is 4. The van der Waals surface area contributed by atoms with Crippen molar-refractivity contribution in [3.05, 3.63) is 17.3 Å². The number of aromatic nitrogens is 2. The van der Waals surface area contributed by atoms with Gasteiger partial charge in [0.2, 0.25) is 5.91 Å². The van der Waals surface area contributed by atoms with Gasteiger partial charge >= 0.3 is 0 Å². The molecule has 0 saturated heterocycles. The summed E-state index contributed by atoms with van der Waals surface area (Å²) in [6.07, 6.45) is 4.50. The van der Waals surface area contributed by atoms with Crippen LogP contribution in [0.3, 0.4) is 0 Å². The number of hydrogen-bond donors (Lipinski definition) is 1. The Morgan fingerprint density at radius 2 is 2.12 bits per heavy atom. The molecule has 1 fully saturated rings. The minimum absolute atomic E-state index is 0.182. The van der Waals surface area contributed by atoms with Gasteiger partial charge in [0.15, 0.2) is 11.0 Å². The highest BCUT2D eigenvalue weighted by atomic mass is 35.5. The molecule has 0 bridgehead atoms. The summed E-state index contributed by atoms with van der Waals surface area (Å²) in [7, 11) is 0. The van der Waals surface area contributed by atoms with Crippen molar-refractivity contribution >= 4 is 23.3 Å². The highest BCUT2D eigenvalue weighted by molar-refractivity contribution is 6.29. The molecule has 1 aromatic rings. The van der Waals surface area contributed by atoms with Crippen LogP contribution in [0.5, 0.6) is 0 Å². The van der Waals surface area contributed by atoms with E-state index in [1.54, 1.807) is 12.1 Å². The first-order valence-corrected chi connectivity index (χ1v) is 6.09. The second kappa shape index (κ2) is 5.31. The number of hydrogen-bond acceptors (Lipinski definition) is 4. The normalized spacial score (nSPS) is 16.1. The average molecular weight is 255 g/mol. The summed E-state index contributed by atoms with van der Waals surface area (Å²) in [4.78, 5) is 13.0. The number of nitrogens with zero attached hydrogens (tertiary/aromatic N) is 3. The fourth-order valence-corrected chi connectivity index (χ4v) is 2.34. The predicted octanol–water partition coefficient (Wildman–Crippen LogP) is 1.36. The van der Waals surface area contributed by atoms with Crippen LogP contribution in [0.15, 0.2) is 12.1 Å². The summed E-state index contributed by atoms with van der Waals surface area (Å²) >= 11 is 5.70. The van der Waals surface area contributed by atoms with Crippen molar-refractivity contribution in [2.75, 3.05) is 11.4 Å². The zero-order valence-corrected chi connectivity index (χ0v) is 10.2. The molecule has 1 heterocycles. The first kappa shape index (κ1) is 12.1. The predicted molar refractivity (Wildman–Crippen MR) is 65.8 cm³/mol. The van der Waals surface area contributed by atoms with Crippen molar-refractivity contribution in [1.82, 2.24) is 10.2 Å². The van der Waals surface area contributed by atoms with Crippen LogP contribution < -0.4 is 10.6 Å². The summed E-state index contributed by atoms with van der Waals surface area (Å²) in [6, 6.07) is 3.78. The maximum absolute atomic E-state index is 11.1. The van der Waals surface area contributed by atoms with Gasteiger partial charge in [-0.3, -0.25) is 4.79 Å². The van der Waals surface area contributed by atoms with Crippen molar-refractivity contribution in [3.63, 3.8) is 0 Å². The van der Waals surface area contributed by atoms with Crippen molar-refractivity contribution in [2.45, 2.75) is 31.7 Å². The van der Waals surface area contributed by atoms with E-state index in [-0.39, 0.29) is 12.5 Å². The summed E-state index contributed by atoms with van der Waals surface area (Å²) in [6.45, 7) is 0.182. The molecular formula is C11H15ClN4O. The van der Waals surface area contributed by atoms with E-state index in [4.69, 9.17) is 17.3 Å². The zero-order chi connectivity index (χ0) is 12.3. The topological polar surface area (TPSA) is 72.1 Å². The number of nitrogens with two attached hydrogens (primary N) is 1. The molecule has 1 aliphatic carbocycles. The minimum atomic E-state index is -0.353. The first-order valence-electron chi connectivity index (χ1n) is 5.71. The molecule has 2 rings (SSSR count). The molecule has 2 N–H and O–H groups in total. The first-order chi connectivity index (χ1) is 8.16. The molecule has 92 valence electrons. The average Bonchev–Trinajstić information content (AvgIpc) is 2.80. The Bertz CT molecular complexity index is 389. The van der Waals surface area contributed by atoms with Crippen LogP contribution in [0, 0.1) is 0 Å². The van der Waals surface area contributed by atoms with E-state index in [0.717, 1.165) is 12.8 Å². The molecule has 6 heteroatoms. The Hall–Kier alpha value is -1.36. The molecule has 0 unspecified atom stereocenters. The number of amides is 1. The van der Waals surface area contributed by atoms with E-state index in [9.17, 15) is 4.79 Å². The number of primary amides is 1. The van der Waals surface area contributed by atoms with Crippen LogP contribution in [0.25, 0.3) is 0 Å². The van der Waals surface area contributed by atoms with Gasteiger partial charge in [-0.2, -0.15) is 0 Å². The van der Waals surface area contributed by atoms with E-state index in [0.29, 0.717) is 17.0 Å². The number of carbonyl (C=O) groups excluding carboxylic acids is 1. The Kier molecular flexibility index (Phi) is 3.78. The fourth-order valence-electron chi connectivity index (χ4n) is 2.24. The molecular weight excluding hydrogens is 240 g/mol. The standard InChI is InChI=1S/C11H15ClN4O/c12-9-5-6-11(15-14-9)16(7-10(13)17)8-3-1-2-4-8/h5-6,8H,1-4,7H2,(H2,13,17). The van der Waals surface area contributed by atoms with E-state index >= 15 is 0 Å². The summed E-state index contributed by atoms with van der Waals surface area (Å²) in [5, 5.41) is 8.16. The summed E-state index contributed by atoms with van der Waals surface area (Å²) in [5.41, 5.74) is 5.27. The molecule has 1 aliphatic rings. The smallest absolute Gasteiger partial charge is 0.237 e. The molecule has 5 nitrogen and oxygen atoms in total. The maximum Gasteiger partial charge on any atom is 0.237 e. The lowest BCUT2D eigenvalue weighted by molar-refractivity contribution is -0.116. The lowest BCUT2D eigenvalue weighted by Crippen LogP contribution is -2.40. The van der Waals surface area contributed by atoms with Gasteiger partial charge in [-0.25, -0.2) is 0 Å². The van der Waals surface area contributed by atoms with Gasteiger partial charge < -0.3 is 10.6 Å². The monoisotopic (exact) mass is 254 g/mol. The summed E-state index contributed by atoms with van der Waals surface area (Å²) in [5.74, 6) is 0.314. The lowest BCUT2D eigenvalue weighted by atomic mass is 10.2. The second-order valence-electron chi connectivity index (χ2n) is 4.25. The third-order valence-electron chi connectivity index (χ3n) is 3.00. The van der Waals surface area contributed by atoms with Crippen LogP contribution in [0.1, 0.15) is 25.7 Å². The minimum Gasteiger partial charge on any atom is -0.368 e. The SMILES string of the molecule is NC(=O)CN(c1ccc(Cl)nn1)C1CCCC1. The molecule has 0 aromatic carbocycles. The van der Waals surface area contributed by atoms with Crippen molar-refractivity contribution < 1.29 is 4.79 Å². The van der Waals surface area contributed by atoms with E-state index in [2.05, 4.69) is 10.2 Å². The van der Waals surface area contributed by atoms with Crippen LogP contribution in [-0.4, -0.2) is 28.7 Å². The lowest BCUT2D eigenvalue weighted by Gasteiger charge is -2.28.